The first-order valence-corrected chi connectivity index (χ1v) is 3.69. The first kappa shape index (κ1) is 8.93. The van der Waals surface area contributed by atoms with Gasteiger partial charge in [0, 0.05) is 14.1 Å². The zero-order chi connectivity index (χ0) is 9.14. The maximum Gasteiger partial charge on any atom is 0.180 e. The first-order valence-electron chi connectivity index (χ1n) is 3.31. The molecule has 0 fully saturated rings. The number of hydrogen-bond acceptors (Lipinski definition) is 3. The molecule has 5 heteroatoms. The third kappa shape index (κ3) is 1.38. The van der Waals surface area contributed by atoms with Crippen LogP contribution in [0.5, 0.6) is 0 Å². The van der Waals surface area contributed by atoms with Gasteiger partial charge in [-0.25, -0.2) is 9.98 Å². The van der Waals surface area contributed by atoms with Crippen molar-refractivity contribution in [3.05, 3.63) is 12.0 Å². The standard InChI is InChI=1S/C7H9ClN4/c1-9-6(8)5-7(10-2)11-4-12(5)3/h4H,2H2,1,3H3. The van der Waals surface area contributed by atoms with Crippen LogP contribution in [0.2, 0.25) is 0 Å². The third-order valence-corrected chi connectivity index (χ3v) is 1.81. The van der Waals surface area contributed by atoms with Crippen molar-refractivity contribution >= 4 is 29.3 Å². The van der Waals surface area contributed by atoms with Crippen LogP contribution in [0.3, 0.4) is 0 Å². The van der Waals surface area contributed by atoms with E-state index in [2.05, 4.69) is 21.7 Å². The summed E-state index contributed by atoms with van der Waals surface area (Å²) >= 11 is 5.82. The smallest absolute Gasteiger partial charge is 0.180 e. The lowest BCUT2D eigenvalue weighted by atomic mass is 10.4. The average Bonchev–Trinajstić information content (AvgIpc) is 2.45. The van der Waals surface area contributed by atoms with Gasteiger partial charge in [0.05, 0.1) is 6.33 Å². The second-order valence-corrected chi connectivity index (χ2v) is 2.56. The molecule has 4 nitrogen and oxygen atoms in total. The molecule has 0 atom stereocenters. The molecule has 64 valence electrons. The van der Waals surface area contributed by atoms with Crippen molar-refractivity contribution in [2.24, 2.45) is 17.0 Å². The van der Waals surface area contributed by atoms with Gasteiger partial charge >= 0.3 is 0 Å². The minimum absolute atomic E-state index is 0.386. The molecule has 1 rings (SSSR count). The van der Waals surface area contributed by atoms with E-state index in [1.165, 1.54) is 0 Å². The number of hydrogen-bond donors (Lipinski definition) is 0. The molecule has 0 spiro atoms. The van der Waals surface area contributed by atoms with Crippen LogP contribution in [0.4, 0.5) is 5.82 Å². The summed E-state index contributed by atoms with van der Waals surface area (Å²) in [7, 11) is 3.44. The predicted molar refractivity (Wildman–Crippen MR) is 50.7 cm³/mol. The van der Waals surface area contributed by atoms with Crippen molar-refractivity contribution in [2.45, 2.75) is 0 Å². The number of halogens is 1. The van der Waals surface area contributed by atoms with Gasteiger partial charge in [-0.05, 0) is 6.72 Å². The Balaban J connectivity index is 3.28. The topological polar surface area (TPSA) is 42.5 Å². The Hall–Kier alpha value is -1.16. The first-order chi connectivity index (χ1) is 5.70. The van der Waals surface area contributed by atoms with E-state index in [0.717, 1.165) is 0 Å². The molecule has 1 aromatic rings. The summed E-state index contributed by atoms with van der Waals surface area (Å²) in [4.78, 5) is 11.5. The summed E-state index contributed by atoms with van der Waals surface area (Å²) in [6.07, 6.45) is 1.62. The van der Waals surface area contributed by atoms with E-state index in [9.17, 15) is 0 Å². The molecule has 0 saturated heterocycles. The van der Waals surface area contributed by atoms with Crippen LogP contribution in [0, 0.1) is 0 Å². The lowest BCUT2D eigenvalue weighted by molar-refractivity contribution is 0.904. The highest BCUT2D eigenvalue weighted by Gasteiger charge is 2.10. The van der Waals surface area contributed by atoms with Gasteiger partial charge in [-0.2, -0.15) is 0 Å². The van der Waals surface area contributed by atoms with Crippen molar-refractivity contribution in [1.82, 2.24) is 9.55 Å². The summed E-state index contributed by atoms with van der Waals surface area (Å²) in [5.41, 5.74) is 0.689. The largest absolute Gasteiger partial charge is 0.330 e. The van der Waals surface area contributed by atoms with Gasteiger partial charge in [0.2, 0.25) is 0 Å². The van der Waals surface area contributed by atoms with Gasteiger partial charge in [0.15, 0.2) is 11.0 Å². The van der Waals surface area contributed by atoms with Crippen LogP contribution >= 0.6 is 11.6 Å². The molecule has 0 N–H and O–H groups in total. The number of aryl methyl sites for hydroxylation is 1. The van der Waals surface area contributed by atoms with E-state index in [1.54, 1.807) is 17.9 Å². The fraction of sp³-hybridized carbons (Fsp3) is 0.286. The molecule has 0 aliphatic carbocycles. The van der Waals surface area contributed by atoms with Crippen molar-refractivity contribution in [3.63, 3.8) is 0 Å². The van der Waals surface area contributed by atoms with Gasteiger partial charge in [0.25, 0.3) is 0 Å². The van der Waals surface area contributed by atoms with Gasteiger partial charge in [-0.1, -0.05) is 11.6 Å². The Morgan fingerprint density at radius 2 is 2.42 bits per heavy atom. The van der Waals surface area contributed by atoms with Gasteiger partial charge < -0.3 is 4.57 Å². The molecule has 0 saturated carbocycles. The molecule has 1 heterocycles. The second kappa shape index (κ2) is 3.49. The molecule has 0 bridgehead atoms. The molecule has 0 aliphatic heterocycles. The minimum atomic E-state index is 0.386. The van der Waals surface area contributed by atoms with Crippen LogP contribution in [-0.2, 0) is 7.05 Å². The number of nitrogens with zero attached hydrogens (tertiary/aromatic N) is 4. The minimum Gasteiger partial charge on any atom is -0.330 e. The number of aromatic nitrogens is 2. The Morgan fingerprint density at radius 3 is 2.92 bits per heavy atom. The maximum absolute atomic E-state index is 5.82. The lowest BCUT2D eigenvalue weighted by Gasteiger charge is -1.98. The third-order valence-electron chi connectivity index (χ3n) is 1.46. The lowest BCUT2D eigenvalue weighted by Crippen LogP contribution is -1.99. The monoisotopic (exact) mass is 184 g/mol. The van der Waals surface area contributed by atoms with Gasteiger partial charge in [-0.15, -0.1) is 0 Å². The van der Waals surface area contributed by atoms with Crippen molar-refractivity contribution in [1.29, 1.82) is 0 Å². The zero-order valence-electron chi connectivity index (χ0n) is 6.95. The SMILES string of the molecule is C=Nc1ncn(C)c1C(Cl)=NC. The van der Waals surface area contributed by atoms with E-state index in [4.69, 9.17) is 11.6 Å². The van der Waals surface area contributed by atoms with E-state index in [1.807, 2.05) is 7.05 Å². The molecule has 0 amide bonds. The summed E-state index contributed by atoms with van der Waals surface area (Å²) in [5.74, 6) is 0.508. The van der Waals surface area contributed by atoms with E-state index >= 15 is 0 Å². The molecule has 0 aromatic carbocycles. The summed E-state index contributed by atoms with van der Waals surface area (Å²) in [6, 6.07) is 0. The Morgan fingerprint density at radius 1 is 1.75 bits per heavy atom. The van der Waals surface area contributed by atoms with E-state index in [-0.39, 0.29) is 0 Å². The maximum atomic E-state index is 5.82. The van der Waals surface area contributed by atoms with Crippen LogP contribution < -0.4 is 0 Å². The molecular formula is C7H9ClN4. The molecule has 1 aromatic heterocycles. The Kier molecular flexibility index (Phi) is 2.60. The second-order valence-electron chi connectivity index (χ2n) is 2.20. The highest BCUT2D eigenvalue weighted by molar-refractivity contribution is 6.69. The van der Waals surface area contributed by atoms with Crippen LogP contribution in [-0.4, -0.2) is 28.5 Å². The highest BCUT2D eigenvalue weighted by atomic mass is 35.5. The molecule has 0 aliphatic rings. The normalized spacial score (nSPS) is 11.8. The predicted octanol–water partition coefficient (Wildman–Crippen LogP) is 1.37. The van der Waals surface area contributed by atoms with Gasteiger partial charge in [0.1, 0.15) is 5.69 Å². The number of rotatable bonds is 2. The summed E-state index contributed by atoms with van der Waals surface area (Å²) in [6.45, 7) is 3.38. The average molecular weight is 185 g/mol. The highest BCUT2D eigenvalue weighted by Crippen LogP contribution is 2.17. The van der Waals surface area contributed by atoms with Crippen LogP contribution in [0.1, 0.15) is 5.69 Å². The van der Waals surface area contributed by atoms with Crippen molar-refractivity contribution in [3.8, 4) is 0 Å². The van der Waals surface area contributed by atoms with Gasteiger partial charge in [-0.3, -0.25) is 4.99 Å². The molecular weight excluding hydrogens is 176 g/mol. The number of aliphatic imine (C=N–C) groups is 2. The quantitative estimate of drug-likeness (QED) is 0.641. The van der Waals surface area contributed by atoms with Crippen molar-refractivity contribution in [2.75, 3.05) is 7.05 Å². The van der Waals surface area contributed by atoms with Crippen LogP contribution in [0.15, 0.2) is 16.3 Å². The Labute approximate surface area is 75.6 Å². The summed E-state index contributed by atoms with van der Waals surface area (Å²) in [5, 5.41) is 0.386. The molecule has 12 heavy (non-hydrogen) atoms. The van der Waals surface area contributed by atoms with Crippen LogP contribution in [0.25, 0.3) is 0 Å². The molecule has 0 unspecified atom stereocenters. The van der Waals surface area contributed by atoms with E-state index in [0.29, 0.717) is 16.7 Å². The zero-order valence-corrected chi connectivity index (χ0v) is 7.71. The number of imidazole rings is 1. The Bertz CT molecular complexity index is 326. The molecule has 0 radical (unpaired) electrons. The van der Waals surface area contributed by atoms with Crippen molar-refractivity contribution < 1.29 is 0 Å². The van der Waals surface area contributed by atoms with E-state index < -0.39 is 0 Å². The summed E-state index contributed by atoms with van der Waals surface area (Å²) < 4.78 is 1.75. The fourth-order valence-corrected chi connectivity index (χ4v) is 1.10. The fourth-order valence-electron chi connectivity index (χ4n) is 0.877.